The topological polar surface area (TPSA) is 29.3 Å². The molecule has 2 rings (SSSR count). The van der Waals surface area contributed by atoms with E-state index in [2.05, 4.69) is 18.7 Å². The second kappa shape index (κ2) is 6.00. The molecule has 106 valence electrons. The summed E-state index contributed by atoms with van der Waals surface area (Å²) >= 11 is 7.76. The van der Waals surface area contributed by atoms with Crippen molar-refractivity contribution in [2.24, 2.45) is 5.73 Å². The van der Waals surface area contributed by atoms with Crippen LogP contribution >= 0.6 is 23.4 Å². The van der Waals surface area contributed by atoms with Gasteiger partial charge in [-0.2, -0.15) is 11.8 Å². The third-order valence-corrected chi connectivity index (χ3v) is 4.97. The molecule has 1 heterocycles. The molecular weight excluding hydrogens is 283 g/mol. The number of nitrogens with zero attached hydrogens (tertiary/aromatic N) is 1. The second-order valence-corrected chi connectivity index (χ2v) is 7.73. The molecule has 2 N–H and O–H groups in total. The Morgan fingerprint density at radius 2 is 2.26 bits per heavy atom. The van der Waals surface area contributed by atoms with Gasteiger partial charge in [0.2, 0.25) is 0 Å². The SMILES string of the molecule is CC1(C)CN(C(CN)c2ccc(Cl)cc2F)CCS1. The Labute approximate surface area is 123 Å². The number of hydrogen-bond donors (Lipinski definition) is 1. The lowest BCUT2D eigenvalue weighted by Crippen LogP contribution is -2.46. The van der Waals surface area contributed by atoms with Gasteiger partial charge in [0.1, 0.15) is 5.82 Å². The van der Waals surface area contributed by atoms with E-state index in [0.717, 1.165) is 18.8 Å². The van der Waals surface area contributed by atoms with Gasteiger partial charge >= 0.3 is 0 Å². The van der Waals surface area contributed by atoms with Gasteiger partial charge in [-0.15, -0.1) is 0 Å². The summed E-state index contributed by atoms with van der Waals surface area (Å²) in [6.45, 7) is 6.71. The summed E-state index contributed by atoms with van der Waals surface area (Å²) in [5.74, 6) is 0.789. The zero-order valence-electron chi connectivity index (χ0n) is 11.3. The van der Waals surface area contributed by atoms with Crippen LogP contribution in [0.2, 0.25) is 5.02 Å². The van der Waals surface area contributed by atoms with Crippen molar-refractivity contribution in [3.63, 3.8) is 0 Å². The summed E-state index contributed by atoms with van der Waals surface area (Å²) in [6.07, 6.45) is 0. The minimum absolute atomic E-state index is 0.0718. The first kappa shape index (κ1) is 15.1. The smallest absolute Gasteiger partial charge is 0.129 e. The molecule has 2 nitrogen and oxygen atoms in total. The van der Waals surface area contributed by atoms with E-state index in [9.17, 15) is 4.39 Å². The summed E-state index contributed by atoms with van der Waals surface area (Å²) in [5, 5.41) is 0.423. The van der Waals surface area contributed by atoms with Gasteiger partial charge in [0.25, 0.3) is 0 Å². The van der Waals surface area contributed by atoms with Crippen molar-refractivity contribution in [2.75, 3.05) is 25.4 Å². The normalized spacial score (nSPS) is 21.3. The molecule has 0 aromatic heterocycles. The highest BCUT2D eigenvalue weighted by Crippen LogP contribution is 2.34. The Hall–Kier alpha value is -0.290. The van der Waals surface area contributed by atoms with Crippen molar-refractivity contribution in [2.45, 2.75) is 24.6 Å². The van der Waals surface area contributed by atoms with E-state index >= 15 is 0 Å². The van der Waals surface area contributed by atoms with Crippen LogP contribution in [0.25, 0.3) is 0 Å². The van der Waals surface area contributed by atoms with Crippen LogP contribution in [0, 0.1) is 5.82 Å². The molecule has 1 unspecified atom stereocenters. The summed E-state index contributed by atoms with van der Waals surface area (Å²) in [7, 11) is 0. The third kappa shape index (κ3) is 3.63. The number of thioether (sulfide) groups is 1. The number of hydrogen-bond acceptors (Lipinski definition) is 3. The first-order valence-corrected chi connectivity index (χ1v) is 7.82. The predicted molar refractivity (Wildman–Crippen MR) is 81.3 cm³/mol. The Morgan fingerprint density at radius 3 is 2.84 bits per heavy atom. The lowest BCUT2D eigenvalue weighted by molar-refractivity contribution is 0.189. The fraction of sp³-hybridized carbons (Fsp3) is 0.571. The minimum Gasteiger partial charge on any atom is -0.329 e. The molecule has 0 bridgehead atoms. The van der Waals surface area contributed by atoms with Gasteiger partial charge in [0, 0.05) is 46.8 Å². The first-order valence-electron chi connectivity index (χ1n) is 6.46. The second-order valence-electron chi connectivity index (χ2n) is 5.50. The van der Waals surface area contributed by atoms with Gasteiger partial charge in [-0.05, 0) is 26.0 Å². The molecule has 1 aromatic carbocycles. The Kier molecular flexibility index (Phi) is 4.77. The highest BCUT2D eigenvalue weighted by atomic mass is 35.5. The van der Waals surface area contributed by atoms with E-state index in [4.69, 9.17) is 17.3 Å². The maximum absolute atomic E-state index is 14.1. The average molecular weight is 303 g/mol. The van der Waals surface area contributed by atoms with E-state index in [1.165, 1.54) is 6.07 Å². The fourth-order valence-electron chi connectivity index (χ4n) is 2.56. The molecule has 0 aliphatic carbocycles. The molecule has 1 aliphatic rings. The highest BCUT2D eigenvalue weighted by molar-refractivity contribution is 8.00. The van der Waals surface area contributed by atoms with Crippen molar-refractivity contribution < 1.29 is 4.39 Å². The van der Waals surface area contributed by atoms with Crippen LogP contribution in [0.4, 0.5) is 4.39 Å². The maximum Gasteiger partial charge on any atom is 0.129 e. The van der Waals surface area contributed by atoms with Crippen molar-refractivity contribution in [1.82, 2.24) is 4.90 Å². The molecule has 1 aliphatic heterocycles. The fourth-order valence-corrected chi connectivity index (χ4v) is 3.86. The van der Waals surface area contributed by atoms with Gasteiger partial charge in [-0.1, -0.05) is 17.7 Å². The van der Waals surface area contributed by atoms with Gasteiger partial charge < -0.3 is 5.73 Å². The number of nitrogens with two attached hydrogens (primary N) is 1. The van der Waals surface area contributed by atoms with Crippen molar-refractivity contribution in [3.8, 4) is 0 Å². The van der Waals surface area contributed by atoms with Crippen LogP contribution in [-0.2, 0) is 0 Å². The largest absolute Gasteiger partial charge is 0.329 e. The zero-order chi connectivity index (χ0) is 14.0. The van der Waals surface area contributed by atoms with Gasteiger partial charge in [-0.3, -0.25) is 4.90 Å². The van der Waals surface area contributed by atoms with Gasteiger partial charge in [-0.25, -0.2) is 4.39 Å². The molecule has 5 heteroatoms. The quantitative estimate of drug-likeness (QED) is 0.929. The van der Waals surface area contributed by atoms with Crippen molar-refractivity contribution in [1.29, 1.82) is 0 Å². The molecule has 1 aromatic rings. The highest BCUT2D eigenvalue weighted by Gasteiger charge is 2.32. The van der Waals surface area contributed by atoms with E-state index < -0.39 is 0 Å². The lowest BCUT2D eigenvalue weighted by Gasteiger charge is -2.41. The molecule has 1 saturated heterocycles. The van der Waals surface area contributed by atoms with Crippen LogP contribution in [0.15, 0.2) is 18.2 Å². The number of rotatable bonds is 3. The Morgan fingerprint density at radius 1 is 1.53 bits per heavy atom. The zero-order valence-corrected chi connectivity index (χ0v) is 12.9. The summed E-state index contributed by atoms with van der Waals surface area (Å²) in [5.41, 5.74) is 6.53. The van der Waals surface area contributed by atoms with Crippen LogP contribution in [-0.4, -0.2) is 35.0 Å². The standard InChI is InChI=1S/C14H20ClFN2S/c1-14(2)9-18(5-6-19-14)13(8-17)11-4-3-10(15)7-12(11)16/h3-4,7,13H,5-6,8-9,17H2,1-2H3. The van der Waals surface area contributed by atoms with E-state index in [1.807, 2.05) is 11.8 Å². The summed E-state index contributed by atoms with van der Waals surface area (Å²) in [6, 6.07) is 4.78. The molecule has 0 spiro atoms. The molecule has 0 radical (unpaired) electrons. The van der Waals surface area contributed by atoms with Crippen LogP contribution in [0.1, 0.15) is 25.5 Å². The average Bonchev–Trinajstić information content (AvgIpc) is 2.31. The molecule has 1 atom stereocenters. The van der Waals surface area contributed by atoms with Crippen LogP contribution in [0.5, 0.6) is 0 Å². The van der Waals surface area contributed by atoms with E-state index in [1.54, 1.807) is 12.1 Å². The number of halogens is 2. The maximum atomic E-state index is 14.1. The van der Waals surface area contributed by atoms with Crippen LogP contribution < -0.4 is 5.73 Å². The van der Waals surface area contributed by atoms with Crippen molar-refractivity contribution >= 4 is 23.4 Å². The summed E-state index contributed by atoms with van der Waals surface area (Å²) in [4.78, 5) is 2.28. The van der Waals surface area contributed by atoms with E-state index in [-0.39, 0.29) is 16.6 Å². The molecule has 0 saturated carbocycles. The molecular formula is C14H20ClFN2S. The van der Waals surface area contributed by atoms with Crippen molar-refractivity contribution in [3.05, 3.63) is 34.6 Å². The monoisotopic (exact) mass is 302 g/mol. The molecule has 0 amide bonds. The molecule has 1 fully saturated rings. The van der Waals surface area contributed by atoms with Gasteiger partial charge in [0.15, 0.2) is 0 Å². The number of benzene rings is 1. The Balaban J connectivity index is 2.24. The van der Waals surface area contributed by atoms with Gasteiger partial charge in [0.05, 0.1) is 0 Å². The van der Waals surface area contributed by atoms with E-state index in [0.29, 0.717) is 17.1 Å². The van der Waals surface area contributed by atoms with Crippen LogP contribution in [0.3, 0.4) is 0 Å². The third-order valence-electron chi connectivity index (χ3n) is 3.44. The Bertz CT molecular complexity index is 453. The lowest BCUT2D eigenvalue weighted by atomic mass is 10.0. The summed E-state index contributed by atoms with van der Waals surface area (Å²) < 4.78 is 14.3. The predicted octanol–water partition coefficient (Wildman–Crippen LogP) is 3.31. The minimum atomic E-state index is -0.265. The molecule has 19 heavy (non-hydrogen) atoms. The first-order chi connectivity index (χ1) is 8.93.